The summed E-state index contributed by atoms with van der Waals surface area (Å²) in [6.07, 6.45) is 5.29. The number of piperazine rings is 1. The number of amides is 4. The standard InChI is InChI=1S/C35H52N6O4/c1-34(2,3)22-30(42)37-18-13-35(14-19-37)23-31(43)40-21-20-39(24-26-8-5-4-6-9-26)29(25-40)33(45)38-16-11-27(12-17-38)41-15-7-10-28(41)32(44)36-35/h4-6,8-9,27-29H,7,10-25H2,1-3H3,(H,36,44)/t28-,29+/m0/s1. The van der Waals surface area contributed by atoms with E-state index < -0.39 is 11.6 Å². The molecule has 6 fully saturated rings. The topological polar surface area (TPSA) is 96.5 Å². The van der Waals surface area contributed by atoms with Gasteiger partial charge in [0.1, 0.15) is 6.04 Å². The summed E-state index contributed by atoms with van der Waals surface area (Å²) in [4.78, 5) is 65.8. The molecule has 10 nitrogen and oxygen atoms in total. The zero-order valence-electron chi connectivity index (χ0n) is 27.5. The fourth-order valence-electron chi connectivity index (χ4n) is 8.27. The quantitative estimate of drug-likeness (QED) is 0.558. The summed E-state index contributed by atoms with van der Waals surface area (Å²) in [5.74, 6) is 0.258. The minimum absolute atomic E-state index is 0.0145. The summed E-state index contributed by atoms with van der Waals surface area (Å²) in [7, 11) is 0. The molecule has 0 aliphatic carbocycles. The van der Waals surface area contributed by atoms with E-state index in [2.05, 4.69) is 48.0 Å². The molecule has 4 amide bonds. The first-order chi connectivity index (χ1) is 21.5. The average Bonchev–Trinajstić information content (AvgIpc) is 3.51. The SMILES string of the molecule is CC(C)(C)CC(=O)N1CCC2(CC1)CC(=O)N1CCN(Cc3ccccc3)[C@H](C1)C(=O)N1CCC(CC1)N1CCC[C@H]1C(=O)N2. The normalized spacial score (nSPS) is 27.4. The number of carbonyl (C=O) groups is 4. The number of hydrogen-bond acceptors (Lipinski definition) is 6. The van der Waals surface area contributed by atoms with Crippen molar-refractivity contribution in [3.05, 3.63) is 35.9 Å². The summed E-state index contributed by atoms with van der Waals surface area (Å²) in [6, 6.07) is 9.91. The van der Waals surface area contributed by atoms with Gasteiger partial charge in [0.2, 0.25) is 23.6 Å². The second-order valence-electron chi connectivity index (χ2n) is 15.3. The predicted octanol–water partition coefficient (Wildman–Crippen LogP) is 2.47. The molecule has 2 atom stereocenters. The lowest BCUT2D eigenvalue weighted by atomic mass is 9.82. The van der Waals surface area contributed by atoms with E-state index in [0.29, 0.717) is 71.6 Å². The van der Waals surface area contributed by atoms with Crippen LogP contribution in [0.3, 0.4) is 0 Å². The van der Waals surface area contributed by atoms with Crippen LogP contribution in [0.2, 0.25) is 0 Å². The van der Waals surface area contributed by atoms with Crippen LogP contribution >= 0.6 is 0 Å². The third kappa shape index (κ3) is 7.22. The van der Waals surface area contributed by atoms with Gasteiger partial charge in [0.25, 0.3) is 0 Å². The Balaban J connectivity index is 1.26. The van der Waals surface area contributed by atoms with Gasteiger partial charge in [-0.1, -0.05) is 51.1 Å². The Morgan fingerprint density at radius 2 is 1.58 bits per heavy atom. The van der Waals surface area contributed by atoms with Crippen molar-refractivity contribution in [1.29, 1.82) is 0 Å². The highest BCUT2D eigenvalue weighted by Gasteiger charge is 2.46. The van der Waals surface area contributed by atoms with Crippen LogP contribution in [0, 0.1) is 5.41 Å². The lowest BCUT2D eigenvalue weighted by molar-refractivity contribution is -0.145. The second-order valence-corrected chi connectivity index (χ2v) is 15.3. The lowest BCUT2D eigenvalue weighted by Crippen LogP contribution is -2.63. The van der Waals surface area contributed by atoms with Gasteiger partial charge >= 0.3 is 0 Å². The first kappa shape index (κ1) is 32.0. The maximum atomic E-state index is 14.2. The van der Waals surface area contributed by atoms with Crippen molar-refractivity contribution in [2.24, 2.45) is 5.41 Å². The van der Waals surface area contributed by atoms with Gasteiger partial charge in [0.05, 0.1) is 18.0 Å². The maximum absolute atomic E-state index is 14.2. The fourth-order valence-corrected chi connectivity index (χ4v) is 8.27. The molecule has 0 saturated carbocycles. The van der Waals surface area contributed by atoms with Crippen LogP contribution < -0.4 is 5.32 Å². The molecule has 246 valence electrons. The van der Waals surface area contributed by atoms with E-state index in [9.17, 15) is 19.2 Å². The Morgan fingerprint density at radius 1 is 0.867 bits per heavy atom. The van der Waals surface area contributed by atoms with Crippen LogP contribution in [0.4, 0.5) is 0 Å². The number of fused-ring (bicyclic) bond motifs is 4. The molecule has 10 heteroatoms. The van der Waals surface area contributed by atoms with Crippen molar-refractivity contribution in [3.63, 3.8) is 0 Å². The van der Waals surface area contributed by atoms with Crippen molar-refractivity contribution < 1.29 is 19.2 Å². The molecule has 0 radical (unpaired) electrons. The highest BCUT2D eigenvalue weighted by Crippen LogP contribution is 2.33. The Kier molecular flexibility index (Phi) is 9.26. The molecule has 1 aromatic rings. The number of nitrogens with one attached hydrogen (secondary N) is 1. The number of likely N-dealkylation sites (tertiary alicyclic amines) is 1. The van der Waals surface area contributed by atoms with Crippen LogP contribution in [-0.2, 0) is 25.7 Å². The van der Waals surface area contributed by atoms with Crippen LogP contribution in [0.1, 0.15) is 77.7 Å². The molecule has 7 rings (SSSR count). The van der Waals surface area contributed by atoms with E-state index in [1.165, 1.54) is 0 Å². The monoisotopic (exact) mass is 620 g/mol. The van der Waals surface area contributed by atoms with E-state index in [0.717, 1.165) is 37.8 Å². The highest BCUT2D eigenvalue weighted by atomic mass is 16.2. The number of nitrogens with zero attached hydrogens (tertiary/aromatic N) is 5. The Morgan fingerprint density at radius 3 is 2.27 bits per heavy atom. The number of rotatable bonds is 3. The molecule has 0 unspecified atom stereocenters. The van der Waals surface area contributed by atoms with E-state index in [4.69, 9.17) is 0 Å². The molecule has 6 heterocycles. The smallest absolute Gasteiger partial charge is 0.241 e. The minimum atomic E-state index is -0.705. The van der Waals surface area contributed by atoms with Crippen LogP contribution in [-0.4, -0.2) is 124 Å². The van der Waals surface area contributed by atoms with Gasteiger partial charge in [0.15, 0.2) is 0 Å². The molecule has 4 bridgehead atoms. The van der Waals surface area contributed by atoms with E-state index in [-0.39, 0.29) is 47.5 Å². The summed E-state index contributed by atoms with van der Waals surface area (Å²) in [5.41, 5.74) is 0.357. The second kappa shape index (κ2) is 13.0. The molecule has 1 aromatic carbocycles. The molecule has 6 aliphatic rings. The summed E-state index contributed by atoms with van der Waals surface area (Å²) >= 11 is 0. The first-order valence-corrected chi connectivity index (χ1v) is 17.2. The van der Waals surface area contributed by atoms with Crippen molar-refractivity contribution in [2.75, 3.05) is 52.4 Å². The van der Waals surface area contributed by atoms with Crippen LogP contribution in [0.25, 0.3) is 0 Å². The zero-order chi connectivity index (χ0) is 31.8. The molecule has 1 N–H and O–H groups in total. The third-order valence-electron chi connectivity index (χ3n) is 10.8. The average molecular weight is 621 g/mol. The van der Waals surface area contributed by atoms with E-state index in [1.54, 1.807) is 0 Å². The maximum Gasteiger partial charge on any atom is 0.241 e. The van der Waals surface area contributed by atoms with Crippen molar-refractivity contribution >= 4 is 23.6 Å². The zero-order valence-corrected chi connectivity index (χ0v) is 27.5. The van der Waals surface area contributed by atoms with Gasteiger partial charge in [-0.3, -0.25) is 29.0 Å². The van der Waals surface area contributed by atoms with Crippen LogP contribution in [0.5, 0.6) is 0 Å². The number of hydrogen-bond donors (Lipinski definition) is 1. The molecule has 1 spiro atoms. The molecular weight excluding hydrogens is 568 g/mol. The number of piperidine rings is 2. The molecule has 6 saturated heterocycles. The van der Waals surface area contributed by atoms with Crippen molar-refractivity contribution in [3.8, 4) is 0 Å². The Bertz CT molecular complexity index is 1250. The first-order valence-electron chi connectivity index (χ1n) is 17.2. The third-order valence-corrected chi connectivity index (χ3v) is 10.8. The minimum Gasteiger partial charge on any atom is -0.349 e. The van der Waals surface area contributed by atoms with Gasteiger partial charge in [-0.05, 0) is 56.0 Å². The number of carbonyl (C=O) groups excluding carboxylic acids is 4. The van der Waals surface area contributed by atoms with Crippen molar-refractivity contribution in [1.82, 2.24) is 29.8 Å². The molecule has 0 aromatic heterocycles. The van der Waals surface area contributed by atoms with Gasteiger partial charge in [-0.15, -0.1) is 0 Å². The summed E-state index contributed by atoms with van der Waals surface area (Å²) < 4.78 is 0. The largest absolute Gasteiger partial charge is 0.349 e. The van der Waals surface area contributed by atoms with E-state index in [1.807, 2.05) is 32.9 Å². The van der Waals surface area contributed by atoms with Gasteiger partial charge in [-0.2, -0.15) is 0 Å². The number of benzene rings is 1. The highest BCUT2D eigenvalue weighted by molar-refractivity contribution is 5.86. The Hall–Kier alpha value is -2.98. The van der Waals surface area contributed by atoms with Crippen LogP contribution in [0.15, 0.2) is 30.3 Å². The predicted molar refractivity (Wildman–Crippen MR) is 172 cm³/mol. The van der Waals surface area contributed by atoms with Gasteiger partial charge in [0, 0.05) is 64.8 Å². The molecular formula is C35H52N6O4. The van der Waals surface area contributed by atoms with E-state index >= 15 is 0 Å². The lowest BCUT2D eigenvalue weighted by Gasteiger charge is -2.46. The van der Waals surface area contributed by atoms with Gasteiger partial charge in [-0.25, -0.2) is 0 Å². The molecule has 45 heavy (non-hydrogen) atoms. The summed E-state index contributed by atoms with van der Waals surface area (Å²) in [5, 5.41) is 3.44. The van der Waals surface area contributed by atoms with Gasteiger partial charge < -0.3 is 20.0 Å². The summed E-state index contributed by atoms with van der Waals surface area (Å²) in [6.45, 7) is 11.7. The Labute approximate surface area is 268 Å². The fraction of sp³-hybridized carbons (Fsp3) is 0.714. The van der Waals surface area contributed by atoms with Crippen molar-refractivity contribution in [2.45, 2.75) is 102 Å². The molecule has 6 aliphatic heterocycles.